The number of carbonyl (C=O) groups is 1. The second-order valence-corrected chi connectivity index (χ2v) is 8.90. The quantitative estimate of drug-likeness (QED) is 0.292. The van der Waals surface area contributed by atoms with Gasteiger partial charge in [-0.25, -0.2) is 0 Å². The van der Waals surface area contributed by atoms with Crippen molar-refractivity contribution in [3.05, 3.63) is 108 Å². The molecule has 2 aliphatic rings. The molecule has 0 bridgehead atoms. The van der Waals surface area contributed by atoms with Crippen LogP contribution in [0.2, 0.25) is 0 Å². The topological polar surface area (TPSA) is 75.8 Å². The number of carbonyl (C=O) groups excluding carboxylic acids is 1. The molecule has 0 saturated carbocycles. The molecule has 0 aromatic heterocycles. The molecule has 1 unspecified atom stereocenters. The van der Waals surface area contributed by atoms with Gasteiger partial charge in [-0.05, 0) is 16.7 Å². The van der Waals surface area contributed by atoms with E-state index in [1.165, 1.54) is 6.92 Å². The zero-order chi connectivity index (χ0) is 24.8. The highest BCUT2D eigenvalue weighted by molar-refractivity contribution is 5.65. The van der Waals surface area contributed by atoms with Crippen LogP contribution in [0.15, 0.2) is 91.0 Å². The van der Waals surface area contributed by atoms with Gasteiger partial charge in [0, 0.05) is 6.92 Å². The van der Waals surface area contributed by atoms with Gasteiger partial charge in [-0.1, -0.05) is 91.0 Å². The summed E-state index contributed by atoms with van der Waals surface area (Å²) < 4.78 is 36.7. The maximum Gasteiger partial charge on any atom is 0.302 e. The van der Waals surface area contributed by atoms with Crippen LogP contribution in [-0.2, 0) is 53.0 Å². The molecule has 7 heteroatoms. The van der Waals surface area contributed by atoms with Crippen LogP contribution in [0.3, 0.4) is 0 Å². The molecular weight excluding hydrogens is 460 g/mol. The second kappa shape index (κ2) is 11.3. The van der Waals surface area contributed by atoms with Crippen molar-refractivity contribution in [3.8, 4) is 0 Å². The highest BCUT2D eigenvalue weighted by Crippen LogP contribution is 2.50. The first-order chi connectivity index (χ1) is 17.6. The van der Waals surface area contributed by atoms with E-state index < -0.39 is 36.4 Å². The Morgan fingerprint density at radius 3 is 1.86 bits per heavy atom. The average molecular weight is 491 g/mol. The van der Waals surface area contributed by atoms with Gasteiger partial charge in [0.1, 0.15) is 24.9 Å². The zero-order valence-corrected chi connectivity index (χ0v) is 20.2. The molecule has 2 aliphatic heterocycles. The van der Waals surface area contributed by atoms with Crippen molar-refractivity contribution in [2.75, 3.05) is 6.61 Å². The van der Waals surface area contributed by atoms with Gasteiger partial charge in [-0.15, -0.1) is 0 Å². The van der Waals surface area contributed by atoms with E-state index in [1.54, 1.807) is 0 Å². The lowest BCUT2D eigenvalue weighted by Crippen LogP contribution is -2.58. The molecule has 3 aromatic rings. The van der Waals surface area contributed by atoms with Crippen LogP contribution in [-0.4, -0.2) is 43.0 Å². The van der Waals surface area contributed by atoms with Crippen LogP contribution in [0.5, 0.6) is 0 Å². The van der Waals surface area contributed by atoms with Gasteiger partial charge in [0.25, 0.3) is 5.79 Å². The Bertz CT molecular complexity index is 1110. The van der Waals surface area contributed by atoms with Crippen LogP contribution < -0.4 is 0 Å². The third-order valence-corrected chi connectivity index (χ3v) is 6.24. The first kappa shape index (κ1) is 24.6. The van der Waals surface area contributed by atoms with E-state index in [1.807, 2.05) is 91.0 Å². The van der Waals surface area contributed by atoms with Gasteiger partial charge >= 0.3 is 5.97 Å². The fraction of sp³-hybridized carbons (Fsp3) is 0.345. The van der Waals surface area contributed by atoms with Crippen molar-refractivity contribution in [2.45, 2.75) is 57.1 Å². The summed E-state index contributed by atoms with van der Waals surface area (Å²) in [4.78, 5) is 11.6. The lowest BCUT2D eigenvalue weighted by atomic mass is 9.98. The number of hydrogen-bond acceptors (Lipinski definition) is 7. The standard InChI is InChI=1S/C29H30O7/c1-21(30)31-20-25-26(32-17-22-11-5-2-6-12-22)27(33-18-23-13-7-3-8-14-23)29(28(35-25)36-29)34-19-24-15-9-4-10-16-24/h2-16,25-28H,17-20H2,1H3/t25-,26-,27+,28-,29?/m1/s1. The summed E-state index contributed by atoms with van der Waals surface area (Å²) in [6.45, 7) is 2.38. The molecule has 0 amide bonds. The summed E-state index contributed by atoms with van der Waals surface area (Å²) in [5.41, 5.74) is 3.02. The molecule has 7 nitrogen and oxygen atoms in total. The van der Waals surface area contributed by atoms with Crippen LogP contribution in [0.4, 0.5) is 0 Å². The van der Waals surface area contributed by atoms with Crippen LogP contribution in [0.25, 0.3) is 0 Å². The molecule has 2 heterocycles. The average Bonchev–Trinajstić information content (AvgIpc) is 3.64. The molecular formula is C29H30O7. The van der Waals surface area contributed by atoms with Gasteiger partial charge in [0.05, 0.1) is 19.8 Å². The Morgan fingerprint density at radius 2 is 1.31 bits per heavy atom. The Balaban J connectivity index is 1.39. The van der Waals surface area contributed by atoms with Crippen molar-refractivity contribution in [1.82, 2.24) is 0 Å². The summed E-state index contributed by atoms with van der Waals surface area (Å²) in [7, 11) is 0. The molecule has 36 heavy (non-hydrogen) atoms. The third-order valence-electron chi connectivity index (χ3n) is 6.24. The van der Waals surface area contributed by atoms with E-state index >= 15 is 0 Å². The highest BCUT2D eigenvalue weighted by atomic mass is 16.9. The van der Waals surface area contributed by atoms with Crippen molar-refractivity contribution in [3.63, 3.8) is 0 Å². The summed E-state index contributed by atoms with van der Waals surface area (Å²) in [6, 6.07) is 29.6. The van der Waals surface area contributed by atoms with Gasteiger partial charge in [-0.2, -0.15) is 0 Å². The normalized spacial score (nSPS) is 26.7. The summed E-state index contributed by atoms with van der Waals surface area (Å²) in [5.74, 6) is -1.52. The summed E-state index contributed by atoms with van der Waals surface area (Å²) in [5, 5.41) is 0. The monoisotopic (exact) mass is 490 g/mol. The number of ether oxygens (including phenoxy) is 6. The Hall–Kier alpha value is -3.07. The van der Waals surface area contributed by atoms with Crippen molar-refractivity contribution >= 4 is 5.97 Å². The minimum Gasteiger partial charge on any atom is -0.463 e. The molecule has 3 aromatic carbocycles. The van der Waals surface area contributed by atoms with E-state index in [9.17, 15) is 4.79 Å². The molecule has 0 spiro atoms. The Morgan fingerprint density at radius 1 is 0.778 bits per heavy atom. The Kier molecular flexibility index (Phi) is 7.75. The molecule has 0 aliphatic carbocycles. The van der Waals surface area contributed by atoms with Gasteiger partial charge in [-0.3, -0.25) is 4.79 Å². The van der Waals surface area contributed by atoms with E-state index in [-0.39, 0.29) is 6.61 Å². The predicted molar refractivity (Wildman–Crippen MR) is 130 cm³/mol. The van der Waals surface area contributed by atoms with Gasteiger partial charge < -0.3 is 28.4 Å². The molecule has 5 atom stereocenters. The SMILES string of the molecule is CC(=O)OC[C@H]1O[C@@H]2OC2(OCc2ccccc2)[C@@H](OCc2ccccc2)[C@@H]1OCc1ccccc1. The van der Waals surface area contributed by atoms with Gasteiger partial charge in [0.2, 0.25) is 6.29 Å². The number of esters is 1. The van der Waals surface area contributed by atoms with Crippen molar-refractivity contribution < 1.29 is 33.2 Å². The zero-order valence-electron chi connectivity index (χ0n) is 20.2. The van der Waals surface area contributed by atoms with Crippen molar-refractivity contribution in [1.29, 1.82) is 0 Å². The third kappa shape index (κ3) is 5.83. The predicted octanol–water partition coefficient (Wildman–Crippen LogP) is 4.39. The first-order valence-electron chi connectivity index (χ1n) is 12.1. The number of benzene rings is 3. The maximum atomic E-state index is 11.6. The minimum atomic E-state index is -1.13. The van der Waals surface area contributed by atoms with E-state index in [0.29, 0.717) is 19.8 Å². The summed E-state index contributed by atoms with van der Waals surface area (Å²) in [6.07, 6.45) is -2.47. The van der Waals surface area contributed by atoms with Crippen molar-refractivity contribution in [2.24, 2.45) is 0 Å². The molecule has 2 fully saturated rings. The molecule has 5 rings (SSSR count). The van der Waals surface area contributed by atoms with Crippen LogP contribution in [0.1, 0.15) is 23.6 Å². The van der Waals surface area contributed by atoms with E-state index in [2.05, 4.69) is 0 Å². The highest BCUT2D eigenvalue weighted by Gasteiger charge is 2.72. The van der Waals surface area contributed by atoms with E-state index in [0.717, 1.165) is 16.7 Å². The molecule has 2 saturated heterocycles. The Labute approximate surface area is 210 Å². The maximum absolute atomic E-state index is 11.6. The largest absolute Gasteiger partial charge is 0.463 e. The van der Waals surface area contributed by atoms with Gasteiger partial charge in [0.15, 0.2) is 0 Å². The number of rotatable bonds is 11. The van der Waals surface area contributed by atoms with Crippen LogP contribution >= 0.6 is 0 Å². The molecule has 0 radical (unpaired) electrons. The second-order valence-electron chi connectivity index (χ2n) is 8.90. The lowest BCUT2D eigenvalue weighted by molar-refractivity contribution is -0.252. The van der Waals surface area contributed by atoms with E-state index in [4.69, 9.17) is 28.4 Å². The summed E-state index contributed by atoms with van der Waals surface area (Å²) >= 11 is 0. The molecule has 188 valence electrons. The first-order valence-corrected chi connectivity index (χ1v) is 12.1. The smallest absolute Gasteiger partial charge is 0.302 e. The fourth-order valence-electron chi connectivity index (χ4n) is 4.34. The van der Waals surface area contributed by atoms with Crippen LogP contribution in [0, 0.1) is 0 Å². The number of epoxide rings is 1. The lowest BCUT2D eigenvalue weighted by Gasteiger charge is -2.39. The molecule has 0 N–H and O–H groups in total. The minimum absolute atomic E-state index is 0.0224. The number of hydrogen-bond donors (Lipinski definition) is 0. The fourth-order valence-corrected chi connectivity index (χ4v) is 4.34. The number of fused-ring (bicyclic) bond motifs is 1.